The van der Waals surface area contributed by atoms with Gasteiger partial charge in [-0.15, -0.1) is 0 Å². The number of aryl methyl sites for hydroxylation is 1. The third kappa shape index (κ3) is 3.04. The number of nitrogens with one attached hydrogen (secondary N) is 2. The van der Waals surface area contributed by atoms with Gasteiger partial charge in [-0.25, -0.2) is 4.79 Å². The van der Waals surface area contributed by atoms with E-state index in [1.54, 1.807) is 0 Å². The van der Waals surface area contributed by atoms with E-state index in [4.69, 9.17) is 0 Å². The van der Waals surface area contributed by atoms with Crippen LogP contribution in [0.2, 0.25) is 0 Å². The fourth-order valence-electron chi connectivity index (χ4n) is 1.64. The van der Waals surface area contributed by atoms with Gasteiger partial charge in [0.25, 0.3) is 0 Å². The SMILES string of the molecule is O=c1[nH]c(=O)n(CCCNC2CC2)cc1[N+](=O)[O-]. The molecule has 1 aliphatic rings. The Morgan fingerprint density at radius 3 is 2.83 bits per heavy atom. The average Bonchev–Trinajstić information content (AvgIpc) is 3.10. The minimum Gasteiger partial charge on any atom is -0.314 e. The summed E-state index contributed by atoms with van der Waals surface area (Å²) in [4.78, 5) is 34.3. The van der Waals surface area contributed by atoms with E-state index in [1.165, 1.54) is 12.8 Å². The van der Waals surface area contributed by atoms with Crippen molar-refractivity contribution in [3.63, 3.8) is 0 Å². The first-order chi connectivity index (χ1) is 8.58. The molecule has 0 bridgehead atoms. The Balaban J connectivity index is 2.01. The summed E-state index contributed by atoms with van der Waals surface area (Å²) in [7, 11) is 0. The lowest BCUT2D eigenvalue weighted by Crippen LogP contribution is -2.31. The van der Waals surface area contributed by atoms with E-state index in [-0.39, 0.29) is 0 Å². The molecule has 0 saturated heterocycles. The molecule has 0 unspecified atom stereocenters. The van der Waals surface area contributed by atoms with Gasteiger partial charge in [0.05, 0.1) is 11.1 Å². The van der Waals surface area contributed by atoms with E-state index in [2.05, 4.69) is 5.32 Å². The van der Waals surface area contributed by atoms with Crippen LogP contribution < -0.4 is 16.6 Å². The van der Waals surface area contributed by atoms with Gasteiger partial charge >= 0.3 is 16.9 Å². The van der Waals surface area contributed by atoms with E-state index >= 15 is 0 Å². The summed E-state index contributed by atoms with van der Waals surface area (Å²) >= 11 is 0. The second-order valence-electron chi connectivity index (χ2n) is 4.31. The molecule has 0 atom stereocenters. The van der Waals surface area contributed by atoms with Crippen molar-refractivity contribution in [2.75, 3.05) is 6.54 Å². The predicted octanol–water partition coefficient (Wildman–Crippen LogP) is -0.413. The maximum Gasteiger partial charge on any atom is 0.350 e. The topological polar surface area (TPSA) is 110 Å². The molecule has 8 heteroatoms. The lowest BCUT2D eigenvalue weighted by molar-refractivity contribution is -0.386. The Labute approximate surface area is 102 Å². The van der Waals surface area contributed by atoms with Crippen molar-refractivity contribution in [1.82, 2.24) is 14.9 Å². The zero-order valence-electron chi connectivity index (χ0n) is 9.72. The van der Waals surface area contributed by atoms with E-state index in [9.17, 15) is 19.7 Å². The number of rotatable bonds is 6. The van der Waals surface area contributed by atoms with E-state index < -0.39 is 21.9 Å². The van der Waals surface area contributed by atoms with E-state index in [0.717, 1.165) is 17.3 Å². The summed E-state index contributed by atoms with van der Waals surface area (Å²) in [6.45, 7) is 1.10. The largest absolute Gasteiger partial charge is 0.350 e. The van der Waals surface area contributed by atoms with Crippen LogP contribution in [0.4, 0.5) is 5.69 Å². The average molecular weight is 254 g/mol. The Morgan fingerprint density at radius 1 is 1.50 bits per heavy atom. The maximum atomic E-state index is 11.4. The van der Waals surface area contributed by atoms with Crippen LogP contribution in [0.15, 0.2) is 15.8 Å². The lowest BCUT2D eigenvalue weighted by Gasteiger charge is -2.05. The van der Waals surface area contributed by atoms with Gasteiger partial charge in [-0.3, -0.25) is 24.5 Å². The number of nitrogens with zero attached hydrogens (tertiary/aromatic N) is 2. The first kappa shape index (κ1) is 12.5. The van der Waals surface area contributed by atoms with Crippen LogP contribution in [-0.4, -0.2) is 27.1 Å². The van der Waals surface area contributed by atoms with Gasteiger partial charge in [-0.05, 0) is 25.8 Å². The van der Waals surface area contributed by atoms with Crippen molar-refractivity contribution >= 4 is 5.69 Å². The molecule has 98 valence electrons. The van der Waals surface area contributed by atoms with Crippen LogP contribution in [0.5, 0.6) is 0 Å². The van der Waals surface area contributed by atoms with Crippen LogP contribution in [0.1, 0.15) is 19.3 Å². The third-order valence-corrected chi connectivity index (χ3v) is 2.77. The first-order valence-corrected chi connectivity index (χ1v) is 5.79. The Kier molecular flexibility index (Phi) is 3.56. The predicted molar refractivity (Wildman–Crippen MR) is 63.6 cm³/mol. The molecule has 0 aromatic carbocycles. The highest BCUT2D eigenvalue weighted by Gasteiger charge is 2.19. The number of hydrogen-bond donors (Lipinski definition) is 2. The fraction of sp³-hybridized carbons (Fsp3) is 0.600. The Bertz CT molecular complexity index is 558. The summed E-state index contributed by atoms with van der Waals surface area (Å²) in [6, 6.07) is 0.589. The molecule has 2 N–H and O–H groups in total. The van der Waals surface area contributed by atoms with Gasteiger partial charge < -0.3 is 5.32 Å². The highest BCUT2D eigenvalue weighted by Crippen LogP contribution is 2.18. The summed E-state index contributed by atoms with van der Waals surface area (Å²) in [5.74, 6) is 0. The quantitative estimate of drug-likeness (QED) is 0.407. The molecule has 0 radical (unpaired) electrons. The molecule has 18 heavy (non-hydrogen) atoms. The minimum atomic E-state index is -0.961. The van der Waals surface area contributed by atoms with Crippen molar-refractivity contribution < 1.29 is 4.92 Å². The second kappa shape index (κ2) is 5.13. The van der Waals surface area contributed by atoms with Crippen LogP contribution in [-0.2, 0) is 6.54 Å². The summed E-state index contributed by atoms with van der Waals surface area (Å²) in [6.07, 6.45) is 4.05. The number of nitro groups is 1. The standard InChI is InChI=1S/C10H14N4O4/c15-9-8(14(17)18)6-13(10(16)12-9)5-1-4-11-7-2-3-7/h6-7,11H,1-5H2,(H,12,15,16). The van der Waals surface area contributed by atoms with Crippen molar-refractivity contribution in [2.24, 2.45) is 0 Å². The van der Waals surface area contributed by atoms with E-state index in [1.807, 2.05) is 4.98 Å². The van der Waals surface area contributed by atoms with Gasteiger partial charge in [0.15, 0.2) is 0 Å². The molecular weight excluding hydrogens is 240 g/mol. The molecule has 1 aromatic rings. The molecule has 2 rings (SSSR count). The molecule has 1 fully saturated rings. The summed E-state index contributed by atoms with van der Waals surface area (Å²) < 4.78 is 1.16. The Hall–Kier alpha value is -1.96. The second-order valence-corrected chi connectivity index (χ2v) is 4.31. The highest BCUT2D eigenvalue weighted by molar-refractivity contribution is 5.20. The number of hydrogen-bond acceptors (Lipinski definition) is 5. The number of H-pyrrole nitrogens is 1. The fourth-order valence-corrected chi connectivity index (χ4v) is 1.64. The molecule has 1 aliphatic carbocycles. The van der Waals surface area contributed by atoms with Crippen LogP contribution in [0, 0.1) is 10.1 Å². The van der Waals surface area contributed by atoms with Crippen LogP contribution in [0.25, 0.3) is 0 Å². The van der Waals surface area contributed by atoms with Crippen molar-refractivity contribution in [1.29, 1.82) is 0 Å². The zero-order chi connectivity index (χ0) is 13.1. The normalized spacial score (nSPS) is 14.7. The van der Waals surface area contributed by atoms with Gasteiger partial charge in [0.1, 0.15) is 0 Å². The molecule has 0 amide bonds. The van der Waals surface area contributed by atoms with Crippen LogP contribution in [0.3, 0.4) is 0 Å². The van der Waals surface area contributed by atoms with Crippen molar-refractivity contribution in [3.05, 3.63) is 37.1 Å². The maximum absolute atomic E-state index is 11.4. The highest BCUT2D eigenvalue weighted by atomic mass is 16.6. The van der Waals surface area contributed by atoms with Crippen molar-refractivity contribution in [3.8, 4) is 0 Å². The molecule has 1 saturated carbocycles. The molecule has 0 aliphatic heterocycles. The summed E-state index contributed by atoms with van der Waals surface area (Å²) in [5.41, 5.74) is -2.18. The molecule has 8 nitrogen and oxygen atoms in total. The van der Waals surface area contributed by atoms with Gasteiger partial charge in [-0.1, -0.05) is 0 Å². The Morgan fingerprint density at radius 2 is 2.22 bits per heavy atom. The molecule has 1 aromatic heterocycles. The third-order valence-electron chi connectivity index (χ3n) is 2.77. The number of aromatic amines is 1. The van der Waals surface area contributed by atoms with Gasteiger partial charge in [-0.2, -0.15) is 0 Å². The van der Waals surface area contributed by atoms with E-state index in [0.29, 0.717) is 19.0 Å². The van der Waals surface area contributed by atoms with Crippen molar-refractivity contribution in [2.45, 2.75) is 31.8 Å². The lowest BCUT2D eigenvalue weighted by atomic mass is 10.4. The molecule has 1 heterocycles. The smallest absolute Gasteiger partial charge is 0.314 e. The van der Waals surface area contributed by atoms with Crippen LogP contribution >= 0.6 is 0 Å². The minimum absolute atomic E-state index is 0.343. The molecular formula is C10H14N4O4. The first-order valence-electron chi connectivity index (χ1n) is 5.79. The van der Waals surface area contributed by atoms with Gasteiger partial charge in [0, 0.05) is 12.6 Å². The zero-order valence-corrected chi connectivity index (χ0v) is 9.72. The van der Waals surface area contributed by atoms with Gasteiger partial charge in [0.2, 0.25) is 0 Å². The summed E-state index contributed by atoms with van der Waals surface area (Å²) in [5, 5.41) is 13.8. The molecule has 0 spiro atoms. The number of aromatic nitrogens is 2. The monoisotopic (exact) mass is 254 g/mol.